The summed E-state index contributed by atoms with van der Waals surface area (Å²) in [4.78, 5) is 3.63. The zero-order valence-corrected chi connectivity index (χ0v) is 10.2. The Morgan fingerprint density at radius 2 is 2.00 bits per heavy atom. The molecule has 0 aliphatic rings. The summed E-state index contributed by atoms with van der Waals surface area (Å²) in [5.74, 6) is -0.494. The summed E-state index contributed by atoms with van der Waals surface area (Å²) in [5, 5.41) is 5.29. The predicted molar refractivity (Wildman–Crippen MR) is 66.5 cm³/mol. The number of fused-ring (bicyclic) bond motifs is 1. The van der Waals surface area contributed by atoms with E-state index in [1.54, 1.807) is 16.9 Å². The first-order valence-corrected chi connectivity index (χ1v) is 5.79. The Balaban J connectivity index is 2.24. The van der Waals surface area contributed by atoms with Crippen molar-refractivity contribution in [1.82, 2.24) is 14.8 Å². The van der Waals surface area contributed by atoms with Crippen LogP contribution in [-0.4, -0.2) is 14.8 Å². The zero-order valence-electron chi connectivity index (χ0n) is 8.64. The molecule has 0 radical (unpaired) electrons. The molecule has 3 aromatic rings. The molecule has 2 heterocycles. The molecule has 84 valence electrons. The molecule has 0 aliphatic heterocycles. The van der Waals surface area contributed by atoms with Crippen LogP contribution in [0.4, 0.5) is 4.39 Å². The van der Waals surface area contributed by atoms with Crippen LogP contribution in [0.15, 0.2) is 47.2 Å². The highest BCUT2D eigenvalue weighted by atomic mass is 79.9. The Bertz CT molecular complexity index is 676. The van der Waals surface area contributed by atoms with Gasteiger partial charge in [0.1, 0.15) is 0 Å². The Kier molecular flexibility index (Phi) is 2.40. The molecule has 5 heteroatoms. The van der Waals surface area contributed by atoms with Gasteiger partial charge in [-0.25, -0.2) is 9.67 Å². The van der Waals surface area contributed by atoms with Gasteiger partial charge in [-0.3, -0.25) is 0 Å². The van der Waals surface area contributed by atoms with Crippen LogP contribution < -0.4 is 0 Å². The molecule has 2 aromatic heterocycles. The number of benzene rings is 1. The van der Waals surface area contributed by atoms with E-state index < -0.39 is 5.95 Å². The van der Waals surface area contributed by atoms with E-state index in [9.17, 15) is 4.39 Å². The van der Waals surface area contributed by atoms with Crippen molar-refractivity contribution in [2.75, 3.05) is 0 Å². The summed E-state index contributed by atoms with van der Waals surface area (Å²) in [5.41, 5.74) is 1.69. The molecule has 1 aromatic carbocycles. The van der Waals surface area contributed by atoms with Gasteiger partial charge < -0.3 is 0 Å². The van der Waals surface area contributed by atoms with E-state index in [4.69, 9.17) is 0 Å². The number of aromatic nitrogens is 3. The molecule has 0 aliphatic carbocycles. The van der Waals surface area contributed by atoms with Gasteiger partial charge >= 0.3 is 0 Å². The number of rotatable bonds is 1. The summed E-state index contributed by atoms with van der Waals surface area (Å²) in [6.45, 7) is 0. The second-order valence-corrected chi connectivity index (χ2v) is 4.42. The van der Waals surface area contributed by atoms with E-state index >= 15 is 0 Å². The molecule has 0 bridgehead atoms. The van der Waals surface area contributed by atoms with Gasteiger partial charge in [0.15, 0.2) is 0 Å². The topological polar surface area (TPSA) is 30.7 Å². The van der Waals surface area contributed by atoms with Crippen molar-refractivity contribution in [1.29, 1.82) is 0 Å². The highest BCUT2D eigenvalue weighted by molar-refractivity contribution is 9.10. The number of pyridine rings is 1. The minimum atomic E-state index is -0.494. The monoisotopic (exact) mass is 291 g/mol. The fourth-order valence-corrected chi connectivity index (χ4v) is 2.17. The van der Waals surface area contributed by atoms with Crippen LogP contribution in [0.3, 0.4) is 0 Å². The maximum Gasteiger partial charge on any atom is 0.212 e. The largest absolute Gasteiger partial charge is 0.231 e. The fraction of sp³-hybridized carbons (Fsp3) is 0. The van der Waals surface area contributed by atoms with Crippen LogP contribution in [-0.2, 0) is 0 Å². The summed E-state index contributed by atoms with van der Waals surface area (Å²) in [6, 6.07) is 8.81. The standard InChI is InChI=1S/C12H7BrFN3/c13-10-2-1-3-11-9(10)7-16-17(11)8-4-5-12(14)15-6-8/h1-7H. The summed E-state index contributed by atoms with van der Waals surface area (Å²) in [7, 11) is 0. The van der Waals surface area contributed by atoms with E-state index in [0.717, 1.165) is 21.1 Å². The first-order valence-electron chi connectivity index (χ1n) is 5.00. The fourth-order valence-electron chi connectivity index (χ4n) is 1.71. The average molecular weight is 292 g/mol. The molecule has 17 heavy (non-hydrogen) atoms. The SMILES string of the molecule is Fc1ccc(-n2ncc3c(Br)cccc32)cn1. The van der Waals surface area contributed by atoms with E-state index in [2.05, 4.69) is 26.0 Å². The van der Waals surface area contributed by atoms with Crippen LogP contribution in [0.1, 0.15) is 0 Å². The second-order valence-electron chi connectivity index (χ2n) is 3.57. The van der Waals surface area contributed by atoms with Gasteiger partial charge in [-0.2, -0.15) is 9.49 Å². The molecule has 3 rings (SSSR count). The van der Waals surface area contributed by atoms with Gasteiger partial charge in [-0.05, 0) is 24.3 Å². The van der Waals surface area contributed by atoms with Crippen molar-refractivity contribution < 1.29 is 4.39 Å². The normalized spacial score (nSPS) is 10.9. The van der Waals surface area contributed by atoms with Crippen LogP contribution in [0.25, 0.3) is 16.6 Å². The van der Waals surface area contributed by atoms with Crippen molar-refractivity contribution in [2.45, 2.75) is 0 Å². The Hall–Kier alpha value is -1.75. The second kappa shape index (κ2) is 3.92. The van der Waals surface area contributed by atoms with Crippen molar-refractivity contribution in [3.8, 4) is 5.69 Å². The van der Waals surface area contributed by atoms with Crippen molar-refractivity contribution >= 4 is 26.8 Å². The molecule has 0 fully saturated rings. The molecule has 0 unspecified atom stereocenters. The lowest BCUT2D eigenvalue weighted by molar-refractivity contribution is 0.582. The molecule has 0 atom stereocenters. The van der Waals surface area contributed by atoms with Gasteiger partial charge in [0.05, 0.1) is 23.6 Å². The van der Waals surface area contributed by atoms with Crippen molar-refractivity contribution in [2.24, 2.45) is 0 Å². The third-order valence-electron chi connectivity index (χ3n) is 2.52. The van der Waals surface area contributed by atoms with Crippen LogP contribution in [0.2, 0.25) is 0 Å². The maximum absolute atomic E-state index is 12.8. The quantitative estimate of drug-likeness (QED) is 0.644. The first-order chi connectivity index (χ1) is 8.25. The van der Waals surface area contributed by atoms with Crippen LogP contribution >= 0.6 is 15.9 Å². The first kappa shape index (κ1) is 10.4. The van der Waals surface area contributed by atoms with E-state index in [1.165, 1.54) is 12.3 Å². The highest BCUT2D eigenvalue weighted by Crippen LogP contribution is 2.25. The van der Waals surface area contributed by atoms with Crippen molar-refractivity contribution in [3.05, 3.63) is 53.1 Å². The van der Waals surface area contributed by atoms with E-state index in [1.807, 2.05) is 18.2 Å². The molecular formula is C12H7BrFN3. The molecule has 0 saturated carbocycles. The Morgan fingerprint density at radius 3 is 2.76 bits per heavy atom. The minimum Gasteiger partial charge on any atom is -0.231 e. The maximum atomic E-state index is 12.8. The predicted octanol–water partition coefficient (Wildman–Crippen LogP) is 3.32. The summed E-state index contributed by atoms with van der Waals surface area (Å²) >= 11 is 3.47. The number of hydrogen-bond donors (Lipinski definition) is 0. The highest BCUT2D eigenvalue weighted by Gasteiger charge is 2.07. The third kappa shape index (κ3) is 1.72. The van der Waals surface area contributed by atoms with Gasteiger partial charge in [0.2, 0.25) is 5.95 Å². The lowest BCUT2D eigenvalue weighted by atomic mass is 10.2. The number of halogens is 2. The molecule has 3 nitrogen and oxygen atoms in total. The minimum absolute atomic E-state index is 0.494. The lowest BCUT2D eigenvalue weighted by Crippen LogP contribution is -1.97. The Labute approximate surface area is 105 Å². The van der Waals surface area contributed by atoms with Crippen LogP contribution in [0.5, 0.6) is 0 Å². The lowest BCUT2D eigenvalue weighted by Gasteiger charge is -2.02. The molecular weight excluding hydrogens is 285 g/mol. The number of hydrogen-bond acceptors (Lipinski definition) is 2. The molecule has 0 N–H and O–H groups in total. The van der Waals surface area contributed by atoms with Crippen molar-refractivity contribution in [3.63, 3.8) is 0 Å². The van der Waals surface area contributed by atoms with Gasteiger partial charge in [0, 0.05) is 9.86 Å². The molecule has 0 amide bonds. The smallest absolute Gasteiger partial charge is 0.212 e. The zero-order chi connectivity index (χ0) is 11.8. The van der Waals surface area contributed by atoms with Gasteiger partial charge in [-0.1, -0.05) is 22.0 Å². The molecule has 0 spiro atoms. The number of nitrogens with zero attached hydrogens (tertiary/aromatic N) is 3. The molecule has 0 saturated heterocycles. The van der Waals surface area contributed by atoms with Gasteiger partial charge in [-0.15, -0.1) is 0 Å². The van der Waals surface area contributed by atoms with Gasteiger partial charge in [0.25, 0.3) is 0 Å². The summed E-state index contributed by atoms with van der Waals surface area (Å²) in [6.07, 6.45) is 3.23. The Morgan fingerprint density at radius 1 is 1.12 bits per heavy atom. The van der Waals surface area contributed by atoms with Crippen LogP contribution in [0, 0.1) is 5.95 Å². The average Bonchev–Trinajstić information content (AvgIpc) is 2.75. The van der Waals surface area contributed by atoms with E-state index in [-0.39, 0.29) is 0 Å². The third-order valence-corrected chi connectivity index (χ3v) is 3.21. The summed E-state index contributed by atoms with van der Waals surface area (Å²) < 4.78 is 15.5. The van der Waals surface area contributed by atoms with E-state index in [0.29, 0.717) is 0 Å².